The Balaban J connectivity index is 1.67. The molecule has 0 unspecified atom stereocenters. The highest BCUT2D eigenvalue weighted by atomic mass is 35.5. The van der Waals surface area contributed by atoms with Gasteiger partial charge in [0.25, 0.3) is 0 Å². The van der Waals surface area contributed by atoms with Crippen LogP contribution in [-0.4, -0.2) is 23.0 Å². The lowest BCUT2D eigenvalue weighted by Crippen LogP contribution is -2.30. The van der Waals surface area contributed by atoms with Gasteiger partial charge in [0.15, 0.2) is 5.13 Å². The second kappa shape index (κ2) is 9.24. The predicted octanol–water partition coefficient (Wildman–Crippen LogP) is 5.52. The first-order valence-corrected chi connectivity index (χ1v) is 10.7. The number of thiazole rings is 1. The van der Waals surface area contributed by atoms with Gasteiger partial charge in [0.05, 0.1) is 23.4 Å². The molecule has 30 heavy (non-hydrogen) atoms. The molecule has 152 valence electrons. The van der Waals surface area contributed by atoms with Crippen molar-refractivity contribution in [1.82, 2.24) is 9.97 Å². The maximum absolute atomic E-state index is 13.2. The number of rotatable bonds is 7. The van der Waals surface area contributed by atoms with Crippen LogP contribution in [0.1, 0.15) is 17.5 Å². The number of pyridine rings is 1. The average molecular weight is 438 g/mol. The summed E-state index contributed by atoms with van der Waals surface area (Å²) in [5.74, 6) is 0.631. The number of hydrogen-bond acceptors (Lipinski definition) is 5. The van der Waals surface area contributed by atoms with Crippen molar-refractivity contribution in [3.8, 4) is 5.75 Å². The van der Waals surface area contributed by atoms with Gasteiger partial charge in [-0.05, 0) is 35.7 Å². The Bertz CT molecular complexity index is 1150. The number of methoxy groups -OCH3 is 1. The lowest BCUT2D eigenvalue weighted by Gasteiger charge is -2.20. The minimum Gasteiger partial charge on any atom is -0.494 e. The topological polar surface area (TPSA) is 55.3 Å². The van der Waals surface area contributed by atoms with Crippen LogP contribution in [0.4, 0.5) is 5.13 Å². The van der Waals surface area contributed by atoms with Crippen molar-refractivity contribution >= 4 is 44.2 Å². The molecular formula is C23H20ClN3O2S. The van der Waals surface area contributed by atoms with Crippen LogP contribution in [0.3, 0.4) is 0 Å². The Morgan fingerprint density at radius 3 is 2.63 bits per heavy atom. The number of amides is 1. The number of carbonyl (C=O) groups is 1. The molecule has 0 atom stereocenters. The molecule has 0 saturated carbocycles. The fourth-order valence-corrected chi connectivity index (χ4v) is 4.46. The van der Waals surface area contributed by atoms with E-state index in [1.54, 1.807) is 36.5 Å². The van der Waals surface area contributed by atoms with Crippen molar-refractivity contribution in [3.05, 3.63) is 83.1 Å². The number of halogens is 1. The minimum absolute atomic E-state index is 0.00292. The molecule has 0 aliphatic carbocycles. The van der Waals surface area contributed by atoms with Gasteiger partial charge in [-0.3, -0.25) is 14.7 Å². The van der Waals surface area contributed by atoms with E-state index in [2.05, 4.69) is 4.98 Å². The number of benzene rings is 2. The Hall–Kier alpha value is -2.96. The molecule has 0 N–H and O–H groups in total. The standard InChI is InChI=1S/C23H20ClN3O2S/c1-29-19-11-10-18(24)22-21(19)26-23(30-22)27(15-17-8-5-13-25-14-17)20(28)12-9-16-6-3-2-4-7-16/h2-8,10-11,13-14H,9,12,15H2,1H3. The molecule has 0 bridgehead atoms. The minimum atomic E-state index is -0.00292. The molecule has 2 aromatic carbocycles. The van der Waals surface area contributed by atoms with Gasteiger partial charge in [0.1, 0.15) is 11.3 Å². The first-order chi connectivity index (χ1) is 14.7. The van der Waals surface area contributed by atoms with Gasteiger partial charge in [-0.25, -0.2) is 4.98 Å². The van der Waals surface area contributed by atoms with Crippen molar-refractivity contribution in [2.75, 3.05) is 12.0 Å². The van der Waals surface area contributed by atoms with Gasteiger partial charge >= 0.3 is 0 Å². The Labute approximate surface area is 183 Å². The smallest absolute Gasteiger partial charge is 0.229 e. The summed E-state index contributed by atoms with van der Waals surface area (Å²) in [6.07, 6.45) is 4.52. The first-order valence-electron chi connectivity index (χ1n) is 9.52. The summed E-state index contributed by atoms with van der Waals surface area (Å²) in [5, 5.41) is 1.19. The number of carbonyl (C=O) groups excluding carboxylic acids is 1. The molecule has 0 fully saturated rings. The zero-order valence-electron chi connectivity index (χ0n) is 16.4. The second-order valence-electron chi connectivity index (χ2n) is 6.75. The van der Waals surface area contributed by atoms with Crippen LogP contribution in [0.5, 0.6) is 5.75 Å². The van der Waals surface area contributed by atoms with E-state index in [0.717, 1.165) is 15.8 Å². The maximum atomic E-state index is 13.2. The Morgan fingerprint density at radius 1 is 1.10 bits per heavy atom. The molecule has 4 rings (SSSR count). The molecule has 4 aromatic rings. The molecule has 0 aliphatic rings. The molecule has 0 spiro atoms. The second-order valence-corrected chi connectivity index (χ2v) is 8.14. The van der Waals surface area contributed by atoms with Crippen LogP contribution in [0.2, 0.25) is 5.02 Å². The van der Waals surface area contributed by atoms with Crippen molar-refractivity contribution in [2.45, 2.75) is 19.4 Å². The number of hydrogen-bond donors (Lipinski definition) is 0. The molecule has 2 aromatic heterocycles. The summed E-state index contributed by atoms with van der Waals surface area (Å²) in [6.45, 7) is 0.390. The summed E-state index contributed by atoms with van der Waals surface area (Å²) < 4.78 is 6.24. The van der Waals surface area contributed by atoms with E-state index >= 15 is 0 Å². The average Bonchev–Trinajstić information content (AvgIpc) is 3.24. The van der Waals surface area contributed by atoms with E-state index in [9.17, 15) is 4.79 Å². The summed E-state index contributed by atoms with van der Waals surface area (Å²) in [7, 11) is 1.60. The van der Waals surface area contributed by atoms with E-state index in [1.165, 1.54) is 11.3 Å². The largest absolute Gasteiger partial charge is 0.494 e. The number of aryl methyl sites for hydroxylation is 1. The van der Waals surface area contributed by atoms with Gasteiger partial charge in [-0.1, -0.05) is 59.3 Å². The molecule has 0 saturated heterocycles. The molecule has 0 radical (unpaired) electrons. The normalized spacial score (nSPS) is 10.9. The Morgan fingerprint density at radius 2 is 1.90 bits per heavy atom. The summed E-state index contributed by atoms with van der Waals surface area (Å²) in [5.41, 5.74) is 2.72. The van der Waals surface area contributed by atoms with Crippen LogP contribution >= 0.6 is 22.9 Å². The summed E-state index contributed by atoms with van der Waals surface area (Å²) >= 11 is 7.78. The fourth-order valence-electron chi connectivity index (χ4n) is 3.19. The third-order valence-corrected chi connectivity index (χ3v) is 6.27. The van der Waals surface area contributed by atoms with E-state index in [-0.39, 0.29) is 5.91 Å². The zero-order valence-corrected chi connectivity index (χ0v) is 18.0. The van der Waals surface area contributed by atoms with Gasteiger partial charge in [0.2, 0.25) is 5.91 Å². The van der Waals surface area contributed by atoms with Crippen molar-refractivity contribution in [2.24, 2.45) is 0 Å². The summed E-state index contributed by atoms with van der Waals surface area (Å²) in [4.78, 5) is 23.8. The van der Waals surface area contributed by atoms with Crippen LogP contribution in [0, 0.1) is 0 Å². The van der Waals surface area contributed by atoms with Crippen LogP contribution in [0.15, 0.2) is 67.0 Å². The molecule has 0 aliphatic heterocycles. The van der Waals surface area contributed by atoms with E-state index in [0.29, 0.717) is 40.8 Å². The lowest BCUT2D eigenvalue weighted by atomic mass is 10.1. The van der Waals surface area contributed by atoms with Gasteiger partial charge in [-0.2, -0.15) is 0 Å². The van der Waals surface area contributed by atoms with Crippen molar-refractivity contribution < 1.29 is 9.53 Å². The molecule has 5 nitrogen and oxygen atoms in total. The fraction of sp³-hybridized carbons (Fsp3) is 0.174. The van der Waals surface area contributed by atoms with Crippen molar-refractivity contribution in [3.63, 3.8) is 0 Å². The van der Waals surface area contributed by atoms with Gasteiger partial charge in [0, 0.05) is 18.8 Å². The number of aromatic nitrogens is 2. The highest BCUT2D eigenvalue weighted by Gasteiger charge is 2.22. The van der Waals surface area contributed by atoms with Crippen LogP contribution < -0.4 is 9.64 Å². The third kappa shape index (κ3) is 4.45. The zero-order chi connectivity index (χ0) is 20.9. The molecule has 7 heteroatoms. The summed E-state index contributed by atoms with van der Waals surface area (Å²) in [6, 6.07) is 17.4. The Kier molecular flexibility index (Phi) is 6.26. The van der Waals surface area contributed by atoms with E-state index < -0.39 is 0 Å². The third-order valence-electron chi connectivity index (χ3n) is 4.73. The van der Waals surface area contributed by atoms with Crippen molar-refractivity contribution in [1.29, 1.82) is 0 Å². The number of anilines is 1. The SMILES string of the molecule is COc1ccc(Cl)c2sc(N(Cc3cccnc3)C(=O)CCc3ccccc3)nc12. The highest BCUT2D eigenvalue weighted by Crippen LogP contribution is 2.39. The van der Waals surface area contributed by atoms with Gasteiger partial charge in [-0.15, -0.1) is 0 Å². The van der Waals surface area contributed by atoms with Gasteiger partial charge < -0.3 is 4.74 Å². The first kappa shape index (κ1) is 20.3. The lowest BCUT2D eigenvalue weighted by molar-refractivity contribution is -0.118. The molecular weight excluding hydrogens is 418 g/mol. The maximum Gasteiger partial charge on any atom is 0.229 e. The number of ether oxygens (including phenoxy) is 1. The monoisotopic (exact) mass is 437 g/mol. The highest BCUT2D eigenvalue weighted by molar-refractivity contribution is 7.23. The molecule has 2 heterocycles. The predicted molar refractivity (Wildman–Crippen MR) is 121 cm³/mol. The molecule has 1 amide bonds. The van der Waals surface area contributed by atoms with E-state index in [1.807, 2.05) is 42.5 Å². The van der Waals surface area contributed by atoms with Crippen LogP contribution in [0.25, 0.3) is 10.2 Å². The van der Waals surface area contributed by atoms with Crippen LogP contribution in [-0.2, 0) is 17.8 Å². The number of nitrogens with zero attached hydrogens (tertiary/aromatic N) is 3. The number of fused-ring (bicyclic) bond motifs is 1. The quantitative estimate of drug-likeness (QED) is 0.382. The van der Waals surface area contributed by atoms with E-state index in [4.69, 9.17) is 21.3 Å².